The van der Waals surface area contributed by atoms with Gasteiger partial charge in [0.2, 0.25) is 0 Å². The summed E-state index contributed by atoms with van der Waals surface area (Å²) < 4.78 is 0. The first kappa shape index (κ1) is 20.7. The van der Waals surface area contributed by atoms with E-state index < -0.39 is 5.97 Å². The molecule has 0 aromatic heterocycles. The van der Waals surface area contributed by atoms with Gasteiger partial charge in [0.15, 0.2) is 0 Å². The van der Waals surface area contributed by atoms with E-state index in [0.717, 1.165) is 19.3 Å². The second-order valence-electron chi connectivity index (χ2n) is 6.77. The Bertz CT molecular complexity index is 434. The molecule has 1 aliphatic rings. The second kappa shape index (κ2) is 13.0. The molecule has 0 spiro atoms. The third-order valence-electron chi connectivity index (χ3n) is 4.40. The Labute approximate surface area is 147 Å². The fourth-order valence-corrected chi connectivity index (χ4v) is 2.73. The quantitative estimate of drug-likeness (QED) is 0.330. The molecule has 24 heavy (non-hydrogen) atoms. The molecule has 2 atom stereocenters. The molecule has 3 heteroatoms. The van der Waals surface area contributed by atoms with Crippen LogP contribution in [0.3, 0.4) is 0 Å². The van der Waals surface area contributed by atoms with Crippen LogP contribution >= 0.6 is 0 Å². The number of allylic oxidation sites excluding steroid dienone is 4. The predicted octanol–water partition coefficient (Wildman–Crippen LogP) is 5.41. The molecule has 0 bridgehead atoms. The van der Waals surface area contributed by atoms with Crippen molar-refractivity contribution >= 4 is 5.97 Å². The van der Waals surface area contributed by atoms with Gasteiger partial charge >= 0.3 is 5.97 Å². The maximum Gasteiger partial charge on any atom is 0.303 e. The fourth-order valence-electron chi connectivity index (χ4n) is 2.73. The topological polar surface area (TPSA) is 57.5 Å². The van der Waals surface area contributed by atoms with Crippen molar-refractivity contribution in [3.8, 4) is 0 Å². The van der Waals surface area contributed by atoms with Gasteiger partial charge in [-0.05, 0) is 57.3 Å². The normalized spacial score (nSPS) is 20.2. The summed E-state index contributed by atoms with van der Waals surface area (Å²) in [7, 11) is 0. The van der Waals surface area contributed by atoms with E-state index in [1.54, 1.807) is 0 Å². The van der Waals surface area contributed by atoms with E-state index in [0.29, 0.717) is 18.8 Å². The van der Waals surface area contributed by atoms with E-state index in [-0.39, 0.29) is 12.5 Å². The summed E-state index contributed by atoms with van der Waals surface area (Å²) in [4.78, 5) is 10.4. The van der Waals surface area contributed by atoms with Crippen LogP contribution in [0.5, 0.6) is 0 Å². The summed E-state index contributed by atoms with van der Waals surface area (Å²) in [6.07, 6.45) is 20.9. The predicted molar refractivity (Wildman–Crippen MR) is 100.0 cm³/mol. The molecule has 1 aliphatic carbocycles. The first-order chi connectivity index (χ1) is 11.6. The van der Waals surface area contributed by atoms with Crippen LogP contribution in [0.2, 0.25) is 0 Å². The highest BCUT2D eigenvalue weighted by Crippen LogP contribution is 2.41. The van der Waals surface area contributed by atoms with Crippen LogP contribution in [0.25, 0.3) is 0 Å². The van der Waals surface area contributed by atoms with E-state index in [2.05, 4.69) is 25.2 Å². The number of rotatable bonds is 14. The Morgan fingerprint density at radius 2 is 1.88 bits per heavy atom. The van der Waals surface area contributed by atoms with Crippen LogP contribution in [-0.4, -0.2) is 22.3 Å². The summed E-state index contributed by atoms with van der Waals surface area (Å²) in [5.41, 5.74) is 1.50. The monoisotopic (exact) mass is 334 g/mol. The summed E-state index contributed by atoms with van der Waals surface area (Å²) in [6, 6.07) is 0. The third kappa shape index (κ3) is 11.2. The van der Waals surface area contributed by atoms with Crippen molar-refractivity contribution in [2.24, 2.45) is 5.92 Å². The molecule has 1 fully saturated rings. The number of aliphatic hydroxyl groups excluding tert-OH is 1. The van der Waals surface area contributed by atoms with Gasteiger partial charge in [0.25, 0.3) is 0 Å². The van der Waals surface area contributed by atoms with Gasteiger partial charge in [-0.2, -0.15) is 0 Å². The van der Waals surface area contributed by atoms with Crippen LogP contribution in [-0.2, 0) is 4.79 Å². The molecule has 1 unspecified atom stereocenters. The fraction of sp³-hybridized carbons (Fsp3) is 0.667. The Morgan fingerprint density at radius 3 is 2.62 bits per heavy atom. The maximum absolute atomic E-state index is 10.4. The highest BCUT2D eigenvalue weighted by atomic mass is 16.4. The van der Waals surface area contributed by atoms with Gasteiger partial charge in [-0.15, -0.1) is 0 Å². The van der Waals surface area contributed by atoms with Gasteiger partial charge in [-0.25, -0.2) is 0 Å². The van der Waals surface area contributed by atoms with Crippen molar-refractivity contribution < 1.29 is 15.0 Å². The van der Waals surface area contributed by atoms with Gasteiger partial charge in [-0.1, -0.05) is 55.7 Å². The van der Waals surface area contributed by atoms with Crippen LogP contribution in [0.4, 0.5) is 0 Å². The van der Waals surface area contributed by atoms with E-state index in [1.165, 1.54) is 37.7 Å². The summed E-state index contributed by atoms with van der Waals surface area (Å²) in [5, 5.41) is 18.5. The van der Waals surface area contributed by atoms with Crippen molar-refractivity contribution in [1.82, 2.24) is 0 Å². The van der Waals surface area contributed by atoms with Gasteiger partial charge in [-0.3, -0.25) is 4.79 Å². The van der Waals surface area contributed by atoms with Crippen molar-refractivity contribution in [3.63, 3.8) is 0 Å². The molecular weight excluding hydrogens is 300 g/mol. The number of carboxylic acids is 1. The zero-order valence-electron chi connectivity index (χ0n) is 15.1. The molecule has 3 nitrogen and oxygen atoms in total. The zero-order chi connectivity index (χ0) is 17.6. The summed E-state index contributed by atoms with van der Waals surface area (Å²) in [5.74, 6) is -0.0314. The molecule has 0 aliphatic heterocycles. The lowest BCUT2D eigenvalue weighted by Gasteiger charge is -2.03. The van der Waals surface area contributed by atoms with Gasteiger partial charge in [0.1, 0.15) is 0 Å². The van der Waals surface area contributed by atoms with Gasteiger partial charge in [0, 0.05) is 6.42 Å². The lowest BCUT2D eigenvalue weighted by molar-refractivity contribution is -0.137. The minimum absolute atomic E-state index is 0.216. The molecule has 1 saturated carbocycles. The van der Waals surface area contributed by atoms with Gasteiger partial charge < -0.3 is 10.2 Å². The average Bonchev–Trinajstić information content (AvgIpc) is 3.30. The second-order valence-corrected chi connectivity index (χ2v) is 6.77. The van der Waals surface area contributed by atoms with E-state index in [4.69, 9.17) is 5.11 Å². The molecule has 0 heterocycles. The molecular formula is C21H34O3. The average molecular weight is 335 g/mol. The van der Waals surface area contributed by atoms with Crippen molar-refractivity contribution in [1.29, 1.82) is 0 Å². The van der Waals surface area contributed by atoms with E-state index in [1.807, 2.05) is 12.2 Å². The lowest BCUT2D eigenvalue weighted by atomic mass is 10.1. The van der Waals surface area contributed by atoms with Gasteiger partial charge in [0.05, 0.1) is 6.10 Å². The van der Waals surface area contributed by atoms with Crippen molar-refractivity contribution in [2.45, 2.75) is 83.7 Å². The number of aliphatic carboxylic acids is 1. The molecule has 1 rings (SSSR count). The largest absolute Gasteiger partial charge is 0.481 e. The zero-order valence-corrected chi connectivity index (χ0v) is 15.1. The van der Waals surface area contributed by atoms with E-state index in [9.17, 15) is 9.90 Å². The van der Waals surface area contributed by atoms with E-state index >= 15 is 0 Å². The van der Waals surface area contributed by atoms with Crippen LogP contribution in [0.1, 0.15) is 77.6 Å². The number of carbonyl (C=O) groups is 1. The molecule has 136 valence electrons. The standard InChI is InChI=1S/C21H34O3/c1-2-3-4-5-6-9-12-18-17-19(18)15-16-20(22)13-10-7-8-11-14-21(23)24/h6-7,9-10,15,18,20,22H,2-5,8,11-14,16-17H2,1H3,(H,23,24)/b9-6-,10-7-,19-15?/t18?,20-/m0/s1. The number of carboxylic acid groups (broad SMARTS) is 1. The van der Waals surface area contributed by atoms with Crippen molar-refractivity contribution in [3.05, 3.63) is 36.0 Å². The smallest absolute Gasteiger partial charge is 0.303 e. The Hall–Kier alpha value is -1.35. The number of aliphatic hydroxyl groups is 1. The van der Waals surface area contributed by atoms with Crippen molar-refractivity contribution in [2.75, 3.05) is 0 Å². The third-order valence-corrected chi connectivity index (χ3v) is 4.40. The van der Waals surface area contributed by atoms with Crippen LogP contribution < -0.4 is 0 Å². The minimum Gasteiger partial charge on any atom is -0.481 e. The Morgan fingerprint density at radius 1 is 1.12 bits per heavy atom. The Balaban J connectivity index is 2.04. The highest BCUT2D eigenvalue weighted by Gasteiger charge is 2.27. The number of hydrogen-bond donors (Lipinski definition) is 2. The maximum atomic E-state index is 10.4. The first-order valence-corrected chi connectivity index (χ1v) is 9.52. The summed E-state index contributed by atoms with van der Waals surface area (Å²) >= 11 is 0. The molecule has 0 saturated heterocycles. The molecule has 0 radical (unpaired) electrons. The minimum atomic E-state index is -0.746. The highest BCUT2D eigenvalue weighted by molar-refractivity contribution is 5.66. The van der Waals surface area contributed by atoms with Crippen LogP contribution in [0.15, 0.2) is 36.0 Å². The van der Waals surface area contributed by atoms with Crippen LogP contribution in [0, 0.1) is 5.92 Å². The summed E-state index contributed by atoms with van der Waals surface area (Å²) in [6.45, 7) is 2.23. The lowest BCUT2D eigenvalue weighted by Crippen LogP contribution is -2.02. The molecule has 0 aromatic rings. The molecule has 0 aromatic carbocycles. The number of unbranched alkanes of at least 4 members (excludes halogenated alkanes) is 4. The Kier molecular flexibility index (Phi) is 11.2. The molecule has 2 N–H and O–H groups in total. The first-order valence-electron chi connectivity index (χ1n) is 9.52. The number of hydrogen-bond acceptors (Lipinski definition) is 2. The SMILES string of the molecule is CCCCC/C=C\CC1CC1=CC[C@@H](O)C/C=C\CCCC(=O)O. The molecule has 0 amide bonds.